The van der Waals surface area contributed by atoms with Crippen LogP contribution in [0.25, 0.3) is 0 Å². The molecule has 0 saturated heterocycles. The number of anilines is 1. The van der Waals surface area contributed by atoms with E-state index in [0.29, 0.717) is 12.5 Å². The summed E-state index contributed by atoms with van der Waals surface area (Å²) in [6, 6.07) is 21.3. The van der Waals surface area contributed by atoms with Crippen LogP contribution in [0.1, 0.15) is 25.5 Å². The molecule has 3 rings (SSSR count). The van der Waals surface area contributed by atoms with Crippen molar-refractivity contribution in [1.82, 2.24) is 15.1 Å². The van der Waals surface area contributed by atoms with Crippen molar-refractivity contribution in [3.8, 4) is 0 Å². The summed E-state index contributed by atoms with van der Waals surface area (Å²) in [5.74, 6) is 0.302. The Morgan fingerprint density at radius 3 is 2.26 bits per heavy atom. The van der Waals surface area contributed by atoms with Crippen molar-refractivity contribution in [1.29, 1.82) is 0 Å². The fraction of sp³-hybridized carbons (Fsp3) is 0.273. The van der Waals surface area contributed by atoms with Gasteiger partial charge in [0.25, 0.3) is 0 Å². The fourth-order valence-corrected chi connectivity index (χ4v) is 3.00. The summed E-state index contributed by atoms with van der Waals surface area (Å²) in [7, 11) is 0. The van der Waals surface area contributed by atoms with Gasteiger partial charge in [0.15, 0.2) is 6.04 Å². The Labute approximate surface area is 160 Å². The van der Waals surface area contributed by atoms with E-state index in [1.165, 1.54) is 0 Å². The summed E-state index contributed by atoms with van der Waals surface area (Å²) in [6.07, 6.45) is 3.51. The molecule has 0 bridgehead atoms. The van der Waals surface area contributed by atoms with Crippen molar-refractivity contribution in [2.75, 3.05) is 11.9 Å². The molecule has 1 heterocycles. The van der Waals surface area contributed by atoms with E-state index in [4.69, 9.17) is 0 Å². The van der Waals surface area contributed by atoms with Crippen LogP contribution in [0, 0.1) is 5.92 Å². The van der Waals surface area contributed by atoms with Crippen LogP contribution in [0.15, 0.2) is 79.1 Å². The number of hydrogen-bond donors (Lipinski definition) is 2. The van der Waals surface area contributed by atoms with Crippen molar-refractivity contribution in [3.05, 3.63) is 84.7 Å². The Hall–Kier alpha value is -3.08. The lowest BCUT2D eigenvalue weighted by molar-refractivity contribution is -0.123. The van der Waals surface area contributed by atoms with Crippen LogP contribution < -0.4 is 10.6 Å². The first-order valence-corrected chi connectivity index (χ1v) is 9.28. The van der Waals surface area contributed by atoms with E-state index in [1.807, 2.05) is 72.9 Å². The second kappa shape index (κ2) is 9.03. The number of rotatable bonds is 8. The molecule has 2 unspecified atom stereocenters. The zero-order valence-corrected chi connectivity index (χ0v) is 15.7. The molecule has 0 saturated carbocycles. The number of carbonyl (C=O) groups is 1. The first-order chi connectivity index (χ1) is 13.1. The molecule has 0 radical (unpaired) electrons. The quantitative estimate of drug-likeness (QED) is 0.642. The van der Waals surface area contributed by atoms with Gasteiger partial charge in [-0.05, 0) is 29.7 Å². The van der Waals surface area contributed by atoms with E-state index < -0.39 is 6.04 Å². The summed E-state index contributed by atoms with van der Waals surface area (Å²) >= 11 is 0. The normalized spacial score (nSPS) is 13.1. The lowest BCUT2D eigenvalue weighted by Crippen LogP contribution is -2.42. The topological polar surface area (TPSA) is 59.0 Å². The highest BCUT2D eigenvalue weighted by Gasteiger charge is 2.24. The molecular formula is C22H26N4O. The molecule has 0 fully saturated rings. The first-order valence-electron chi connectivity index (χ1n) is 9.28. The largest absolute Gasteiger partial charge is 0.380 e. The maximum absolute atomic E-state index is 13.0. The average molecular weight is 362 g/mol. The maximum atomic E-state index is 13.0. The van der Waals surface area contributed by atoms with Crippen LogP contribution in [0.5, 0.6) is 0 Å². The van der Waals surface area contributed by atoms with E-state index in [2.05, 4.69) is 29.6 Å². The van der Waals surface area contributed by atoms with Crippen molar-refractivity contribution in [2.24, 2.45) is 5.92 Å². The zero-order chi connectivity index (χ0) is 19.1. The Morgan fingerprint density at radius 2 is 1.67 bits per heavy atom. The highest BCUT2D eigenvalue weighted by atomic mass is 16.2. The third-order valence-corrected chi connectivity index (χ3v) is 4.58. The number of aromatic nitrogens is 2. The van der Waals surface area contributed by atoms with E-state index in [1.54, 1.807) is 10.9 Å². The van der Waals surface area contributed by atoms with E-state index in [-0.39, 0.29) is 11.9 Å². The average Bonchev–Trinajstić information content (AvgIpc) is 3.21. The molecule has 0 aliphatic rings. The van der Waals surface area contributed by atoms with Crippen LogP contribution in [0.2, 0.25) is 0 Å². The molecule has 1 amide bonds. The molecule has 140 valence electrons. The maximum Gasteiger partial charge on any atom is 0.249 e. The summed E-state index contributed by atoms with van der Waals surface area (Å²) in [5, 5.41) is 10.9. The predicted molar refractivity (Wildman–Crippen MR) is 109 cm³/mol. The van der Waals surface area contributed by atoms with Crippen LogP contribution in [0.3, 0.4) is 0 Å². The van der Waals surface area contributed by atoms with Crippen LogP contribution in [-0.2, 0) is 4.79 Å². The summed E-state index contributed by atoms with van der Waals surface area (Å²) in [5.41, 5.74) is 1.97. The van der Waals surface area contributed by atoms with E-state index in [9.17, 15) is 4.79 Å². The molecular weight excluding hydrogens is 336 g/mol. The van der Waals surface area contributed by atoms with Gasteiger partial charge in [-0.25, -0.2) is 0 Å². The molecule has 0 aliphatic heterocycles. The molecule has 27 heavy (non-hydrogen) atoms. The third-order valence-electron chi connectivity index (χ3n) is 4.58. The Morgan fingerprint density at radius 1 is 1.00 bits per heavy atom. The van der Waals surface area contributed by atoms with Crippen LogP contribution in [0.4, 0.5) is 5.69 Å². The number of nitrogens with one attached hydrogen (secondary N) is 2. The smallest absolute Gasteiger partial charge is 0.249 e. The molecule has 0 aliphatic carbocycles. The second-order valence-electron chi connectivity index (χ2n) is 6.91. The van der Waals surface area contributed by atoms with Crippen LogP contribution >= 0.6 is 0 Å². The number of amides is 1. The Balaban J connectivity index is 1.71. The Kier molecular flexibility index (Phi) is 6.26. The van der Waals surface area contributed by atoms with E-state index in [0.717, 1.165) is 11.3 Å². The van der Waals surface area contributed by atoms with Gasteiger partial charge >= 0.3 is 0 Å². The van der Waals surface area contributed by atoms with Gasteiger partial charge in [0, 0.05) is 30.7 Å². The molecule has 2 atom stereocenters. The number of carbonyl (C=O) groups excluding carboxylic acids is 1. The van der Waals surface area contributed by atoms with Gasteiger partial charge < -0.3 is 10.6 Å². The fourth-order valence-electron chi connectivity index (χ4n) is 3.00. The van der Waals surface area contributed by atoms with Gasteiger partial charge in [-0.1, -0.05) is 62.4 Å². The molecule has 1 aromatic heterocycles. The molecule has 3 aromatic rings. The standard InChI is InChI=1S/C22H26N4O/c1-17(2)20(25-19-12-7-4-8-13-19)16-23-22(27)21(26-15-9-14-24-26)18-10-5-3-6-11-18/h3-15,17,20-21,25H,16H2,1-2H3,(H,23,27). The summed E-state index contributed by atoms with van der Waals surface area (Å²) in [6.45, 7) is 4.83. The minimum atomic E-state index is -0.481. The highest BCUT2D eigenvalue weighted by Crippen LogP contribution is 2.18. The van der Waals surface area contributed by atoms with Gasteiger partial charge in [0.05, 0.1) is 0 Å². The highest BCUT2D eigenvalue weighted by molar-refractivity contribution is 5.83. The summed E-state index contributed by atoms with van der Waals surface area (Å²) < 4.78 is 1.69. The molecule has 0 spiro atoms. The molecule has 5 heteroatoms. The van der Waals surface area contributed by atoms with Crippen LogP contribution in [-0.4, -0.2) is 28.3 Å². The monoisotopic (exact) mass is 362 g/mol. The number of benzene rings is 2. The molecule has 2 aromatic carbocycles. The van der Waals surface area contributed by atoms with Gasteiger partial charge in [-0.3, -0.25) is 9.48 Å². The summed E-state index contributed by atoms with van der Waals surface area (Å²) in [4.78, 5) is 13.0. The van der Waals surface area contributed by atoms with Gasteiger partial charge in [0.1, 0.15) is 0 Å². The van der Waals surface area contributed by atoms with E-state index >= 15 is 0 Å². The predicted octanol–water partition coefficient (Wildman–Crippen LogP) is 3.73. The minimum absolute atomic E-state index is 0.0644. The van der Waals surface area contributed by atoms with Gasteiger partial charge in [0.2, 0.25) is 5.91 Å². The number of para-hydroxylation sites is 1. The lowest BCUT2D eigenvalue weighted by Gasteiger charge is -2.25. The van der Waals surface area contributed by atoms with Crippen molar-refractivity contribution < 1.29 is 4.79 Å². The SMILES string of the molecule is CC(C)C(CNC(=O)C(c1ccccc1)n1cccn1)Nc1ccccc1. The number of nitrogens with zero attached hydrogens (tertiary/aromatic N) is 2. The minimum Gasteiger partial charge on any atom is -0.380 e. The lowest BCUT2D eigenvalue weighted by atomic mass is 10.0. The first kappa shape index (κ1) is 18.7. The second-order valence-corrected chi connectivity index (χ2v) is 6.91. The zero-order valence-electron chi connectivity index (χ0n) is 15.7. The van der Waals surface area contributed by atoms with Crippen molar-refractivity contribution in [3.63, 3.8) is 0 Å². The van der Waals surface area contributed by atoms with Crippen molar-refractivity contribution >= 4 is 11.6 Å². The number of hydrogen-bond acceptors (Lipinski definition) is 3. The third kappa shape index (κ3) is 4.97. The molecule has 5 nitrogen and oxygen atoms in total. The molecule has 2 N–H and O–H groups in total. The van der Waals surface area contributed by atoms with Gasteiger partial charge in [-0.2, -0.15) is 5.10 Å². The van der Waals surface area contributed by atoms with Crippen molar-refractivity contribution in [2.45, 2.75) is 25.9 Å². The van der Waals surface area contributed by atoms with Gasteiger partial charge in [-0.15, -0.1) is 0 Å². The Bertz CT molecular complexity index is 816.